The van der Waals surface area contributed by atoms with Crippen molar-refractivity contribution < 1.29 is 28.7 Å². The number of carbonyl (C=O) groups excluding carboxylic acids is 4. The van der Waals surface area contributed by atoms with Crippen molar-refractivity contribution in [1.29, 1.82) is 0 Å². The van der Waals surface area contributed by atoms with Crippen molar-refractivity contribution >= 4 is 23.9 Å². The first-order valence-corrected chi connectivity index (χ1v) is 12.1. The molecule has 0 aromatic heterocycles. The molecule has 9 nitrogen and oxygen atoms in total. The van der Waals surface area contributed by atoms with E-state index >= 15 is 0 Å². The van der Waals surface area contributed by atoms with Gasteiger partial charge in [-0.15, -0.1) is 0 Å². The summed E-state index contributed by atoms with van der Waals surface area (Å²) in [4.78, 5) is 50.6. The normalized spacial score (nSPS) is 17.3. The minimum Gasteiger partial charge on any atom is -0.454 e. The van der Waals surface area contributed by atoms with Gasteiger partial charge in [-0.2, -0.15) is 0 Å². The van der Waals surface area contributed by atoms with Crippen LogP contribution in [-0.2, 0) is 23.9 Å². The molecule has 9 heteroatoms. The van der Waals surface area contributed by atoms with Crippen LogP contribution in [0.4, 0.5) is 4.79 Å². The van der Waals surface area contributed by atoms with E-state index in [0.29, 0.717) is 19.4 Å². The minimum absolute atomic E-state index is 0.0859. The highest BCUT2D eigenvalue weighted by atomic mass is 16.6. The maximum Gasteiger partial charge on any atom is 0.410 e. The van der Waals surface area contributed by atoms with Crippen molar-refractivity contribution in [3.05, 3.63) is 59.7 Å². The number of benzene rings is 2. The highest BCUT2D eigenvalue weighted by Gasteiger charge is 2.38. The van der Waals surface area contributed by atoms with Crippen molar-refractivity contribution in [1.82, 2.24) is 10.2 Å². The van der Waals surface area contributed by atoms with Crippen molar-refractivity contribution in [2.24, 2.45) is 11.7 Å². The first-order chi connectivity index (χ1) is 17.3. The fraction of sp³-hybridized carbons (Fsp3) is 0.407. The van der Waals surface area contributed by atoms with E-state index in [0.717, 1.165) is 22.3 Å². The highest BCUT2D eigenvalue weighted by molar-refractivity contribution is 5.89. The highest BCUT2D eigenvalue weighted by Crippen LogP contribution is 2.44. The van der Waals surface area contributed by atoms with Crippen LogP contribution in [-0.4, -0.2) is 60.6 Å². The quantitative estimate of drug-likeness (QED) is 0.544. The van der Waals surface area contributed by atoms with E-state index in [2.05, 4.69) is 17.4 Å². The van der Waals surface area contributed by atoms with E-state index in [4.69, 9.17) is 15.2 Å². The van der Waals surface area contributed by atoms with Crippen LogP contribution in [0.2, 0.25) is 0 Å². The van der Waals surface area contributed by atoms with Gasteiger partial charge in [0.05, 0.1) is 0 Å². The number of likely N-dealkylation sites (tertiary alicyclic amines) is 1. The summed E-state index contributed by atoms with van der Waals surface area (Å²) in [7, 11) is 0. The van der Waals surface area contributed by atoms with Gasteiger partial charge in [-0.05, 0) is 41.0 Å². The van der Waals surface area contributed by atoms with Gasteiger partial charge in [0.25, 0.3) is 5.91 Å². The maximum atomic E-state index is 12.9. The molecule has 1 heterocycles. The number of hydrogen-bond donors (Lipinski definition) is 2. The Morgan fingerprint density at radius 1 is 1.00 bits per heavy atom. The van der Waals surface area contributed by atoms with Crippen LogP contribution in [0, 0.1) is 5.92 Å². The standard InChI is InChI=1S/C27H31N3O6/c1-16(2)24(25(28)32)29-23(31)15-35-26(33)22-12-7-13-30(22)27(34)36-14-21-19-10-5-3-8-17(19)18-9-4-6-11-20(18)21/h3-6,8-11,16,21-22,24H,7,12-15H2,1-2H3,(H2,28,32)(H,29,31)/t22-,24-/m0/s1. The first kappa shape index (κ1) is 25.2. The summed E-state index contributed by atoms with van der Waals surface area (Å²) in [5.74, 6) is -2.27. The number of rotatable bonds is 8. The number of fused-ring (bicyclic) bond motifs is 3. The molecule has 2 atom stereocenters. The molecule has 0 saturated carbocycles. The van der Waals surface area contributed by atoms with Crippen LogP contribution in [0.1, 0.15) is 43.7 Å². The second-order valence-electron chi connectivity index (χ2n) is 9.45. The zero-order chi connectivity index (χ0) is 25.8. The van der Waals surface area contributed by atoms with Gasteiger partial charge < -0.3 is 20.5 Å². The summed E-state index contributed by atoms with van der Waals surface area (Å²) in [6.45, 7) is 3.43. The SMILES string of the molecule is CC(C)[C@H](NC(=O)COC(=O)[C@@H]1CCCN1C(=O)OCC1c2ccccc2-c2ccccc21)C(N)=O. The van der Waals surface area contributed by atoms with E-state index < -0.39 is 42.6 Å². The van der Waals surface area contributed by atoms with Gasteiger partial charge in [-0.25, -0.2) is 9.59 Å². The second kappa shape index (κ2) is 10.8. The summed E-state index contributed by atoms with van der Waals surface area (Å²) < 4.78 is 10.8. The fourth-order valence-corrected chi connectivity index (χ4v) is 4.92. The van der Waals surface area contributed by atoms with Gasteiger partial charge in [0.15, 0.2) is 6.61 Å². The zero-order valence-corrected chi connectivity index (χ0v) is 20.4. The summed E-state index contributed by atoms with van der Waals surface area (Å²) in [5.41, 5.74) is 9.77. The smallest absolute Gasteiger partial charge is 0.410 e. The van der Waals surface area contributed by atoms with Crippen LogP contribution in [0.3, 0.4) is 0 Å². The van der Waals surface area contributed by atoms with Crippen LogP contribution in [0.5, 0.6) is 0 Å². The number of esters is 1. The van der Waals surface area contributed by atoms with E-state index in [1.54, 1.807) is 13.8 Å². The van der Waals surface area contributed by atoms with Crippen molar-refractivity contribution in [3.63, 3.8) is 0 Å². The lowest BCUT2D eigenvalue weighted by Crippen LogP contribution is -2.49. The van der Waals surface area contributed by atoms with Crippen LogP contribution in [0.15, 0.2) is 48.5 Å². The summed E-state index contributed by atoms with van der Waals surface area (Å²) >= 11 is 0. The maximum absolute atomic E-state index is 12.9. The Bertz CT molecular complexity index is 1120. The molecule has 2 aliphatic rings. The number of nitrogens with one attached hydrogen (secondary N) is 1. The number of hydrogen-bond acceptors (Lipinski definition) is 6. The molecule has 1 saturated heterocycles. The van der Waals surface area contributed by atoms with Crippen molar-refractivity contribution in [2.45, 2.75) is 44.7 Å². The molecule has 1 aliphatic carbocycles. The molecular weight excluding hydrogens is 462 g/mol. The molecule has 3 N–H and O–H groups in total. The average Bonchev–Trinajstić information content (AvgIpc) is 3.47. The molecule has 1 fully saturated rings. The molecule has 2 aromatic carbocycles. The Morgan fingerprint density at radius 2 is 1.61 bits per heavy atom. The summed E-state index contributed by atoms with van der Waals surface area (Å²) in [6.07, 6.45) is 0.447. The second-order valence-corrected chi connectivity index (χ2v) is 9.45. The number of amides is 3. The van der Waals surface area contributed by atoms with Crippen molar-refractivity contribution in [2.75, 3.05) is 19.8 Å². The molecule has 0 unspecified atom stereocenters. The van der Waals surface area contributed by atoms with Gasteiger partial charge in [0.1, 0.15) is 18.7 Å². The molecule has 0 bridgehead atoms. The van der Waals surface area contributed by atoms with Crippen LogP contribution in [0.25, 0.3) is 11.1 Å². The lowest BCUT2D eigenvalue weighted by atomic mass is 9.98. The number of carbonyl (C=O) groups is 4. The number of nitrogens with two attached hydrogens (primary N) is 1. The van der Waals surface area contributed by atoms with Gasteiger partial charge in [-0.1, -0.05) is 62.4 Å². The number of nitrogens with zero attached hydrogens (tertiary/aromatic N) is 1. The largest absolute Gasteiger partial charge is 0.454 e. The molecule has 0 radical (unpaired) electrons. The average molecular weight is 494 g/mol. The van der Waals surface area contributed by atoms with E-state index in [1.807, 2.05) is 36.4 Å². The Morgan fingerprint density at radius 3 is 2.19 bits per heavy atom. The van der Waals surface area contributed by atoms with Gasteiger partial charge in [0.2, 0.25) is 5.91 Å². The predicted molar refractivity (Wildman–Crippen MR) is 132 cm³/mol. The lowest BCUT2D eigenvalue weighted by molar-refractivity contribution is -0.152. The monoisotopic (exact) mass is 493 g/mol. The summed E-state index contributed by atoms with van der Waals surface area (Å²) in [6, 6.07) is 14.4. The zero-order valence-electron chi connectivity index (χ0n) is 20.4. The third-order valence-corrected chi connectivity index (χ3v) is 6.73. The van der Waals surface area contributed by atoms with E-state index in [-0.39, 0.29) is 18.4 Å². The number of primary amides is 1. The number of ether oxygens (including phenoxy) is 2. The fourth-order valence-electron chi connectivity index (χ4n) is 4.92. The topological polar surface area (TPSA) is 128 Å². The molecule has 0 spiro atoms. The lowest BCUT2D eigenvalue weighted by Gasteiger charge is -2.24. The minimum atomic E-state index is -0.861. The molecule has 4 rings (SSSR count). The van der Waals surface area contributed by atoms with Gasteiger partial charge >= 0.3 is 12.1 Å². The Kier molecular flexibility index (Phi) is 7.57. The third-order valence-electron chi connectivity index (χ3n) is 6.73. The molecule has 2 aromatic rings. The van der Waals surface area contributed by atoms with Crippen LogP contribution >= 0.6 is 0 Å². The third kappa shape index (κ3) is 5.19. The molecule has 1 aliphatic heterocycles. The Hall–Kier alpha value is -3.88. The van der Waals surface area contributed by atoms with Crippen molar-refractivity contribution in [3.8, 4) is 11.1 Å². The van der Waals surface area contributed by atoms with E-state index in [1.165, 1.54) is 4.90 Å². The van der Waals surface area contributed by atoms with Gasteiger partial charge in [-0.3, -0.25) is 14.5 Å². The van der Waals surface area contributed by atoms with E-state index in [9.17, 15) is 19.2 Å². The molecule has 36 heavy (non-hydrogen) atoms. The molecule has 3 amide bonds. The molecular formula is C27H31N3O6. The Labute approximate surface area is 209 Å². The molecule has 190 valence electrons. The van der Waals surface area contributed by atoms with Gasteiger partial charge in [0, 0.05) is 12.5 Å². The Balaban J connectivity index is 1.34. The predicted octanol–water partition coefficient (Wildman–Crippen LogP) is 2.57. The first-order valence-electron chi connectivity index (χ1n) is 12.1. The summed E-state index contributed by atoms with van der Waals surface area (Å²) in [5, 5.41) is 2.47. The van der Waals surface area contributed by atoms with Crippen LogP contribution < -0.4 is 11.1 Å².